The SMILES string of the molecule is CCCN(CC(=O)NC(C)(C)C)Cc1cccc(N)c1. The summed E-state index contributed by atoms with van der Waals surface area (Å²) >= 11 is 0. The molecule has 0 unspecified atom stereocenters. The smallest absolute Gasteiger partial charge is 0.234 e. The van der Waals surface area contributed by atoms with E-state index in [9.17, 15) is 4.79 Å². The minimum atomic E-state index is -0.188. The summed E-state index contributed by atoms with van der Waals surface area (Å²) < 4.78 is 0. The van der Waals surface area contributed by atoms with Crippen molar-refractivity contribution in [3.05, 3.63) is 29.8 Å². The number of nitrogen functional groups attached to an aromatic ring is 1. The van der Waals surface area contributed by atoms with E-state index in [2.05, 4.69) is 17.1 Å². The van der Waals surface area contributed by atoms with E-state index in [0.29, 0.717) is 6.54 Å². The van der Waals surface area contributed by atoms with Gasteiger partial charge < -0.3 is 11.1 Å². The molecule has 0 bridgehead atoms. The van der Waals surface area contributed by atoms with Gasteiger partial charge in [-0.15, -0.1) is 0 Å². The van der Waals surface area contributed by atoms with Crippen molar-refractivity contribution in [2.24, 2.45) is 0 Å². The zero-order valence-corrected chi connectivity index (χ0v) is 13.1. The van der Waals surface area contributed by atoms with Gasteiger partial charge in [0.15, 0.2) is 0 Å². The van der Waals surface area contributed by atoms with Crippen molar-refractivity contribution in [3.63, 3.8) is 0 Å². The first-order chi connectivity index (χ1) is 9.30. The van der Waals surface area contributed by atoms with Crippen LogP contribution in [0.25, 0.3) is 0 Å². The van der Waals surface area contributed by atoms with Gasteiger partial charge in [-0.2, -0.15) is 0 Å². The Balaban J connectivity index is 2.62. The normalized spacial score (nSPS) is 11.7. The Morgan fingerprint density at radius 3 is 2.60 bits per heavy atom. The maximum atomic E-state index is 12.0. The largest absolute Gasteiger partial charge is 0.399 e. The molecule has 4 nitrogen and oxygen atoms in total. The number of hydrogen-bond donors (Lipinski definition) is 2. The van der Waals surface area contributed by atoms with Gasteiger partial charge in [0.2, 0.25) is 5.91 Å². The summed E-state index contributed by atoms with van der Waals surface area (Å²) in [5.41, 5.74) is 7.51. The predicted molar refractivity (Wildman–Crippen MR) is 84.3 cm³/mol. The maximum Gasteiger partial charge on any atom is 0.234 e. The lowest BCUT2D eigenvalue weighted by Crippen LogP contribution is -2.45. The van der Waals surface area contributed by atoms with E-state index in [4.69, 9.17) is 5.73 Å². The van der Waals surface area contributed by atoms with Crippen LogP contribution in [0.2, 0.25) is 0 Å². The Morgan fingerprint density at radius 2 is 2.05 bits per heavy atom. The summed E-state index contributed by atoms with van der Waals surface area (Å²) in [5, 5.41) is 3.00. The zero-order valence-electron chi connectivity index (χ0n) is 13.1. The van der Waals surface area contributed by atoms with Crippen LogP contribution in [0.5, 0.6) is 0 Å². The van der Waals surface area contributed by atoms with Crippen LogP contribution in [0.3, 0.4) is 0 Å². The van der Waals surface area contributed by atoms with E-state index < -0.39 is 0 Å². The molecule has 1 aromatic rings. The molecule has 3 N–H and O–H groups in total. The second kappa shape index (κ2) is 7.29. The van der Waals surface area contributed by atoms with Gasteiger partial charge in [-0.3, -0.25) is 9.69 Å². The van der Waals surface area contributed by atoms with E-state index >= 15 is 0 Å². The van der Waals surface area contributed by atoms with Crippen LogP contribution < -0.4 is 11.1 Å². The van der Waals surface area contributed by atoms with Gasteiger partial charge >= 0.3 is 0 Å². The molecule has 20 heavy (non-hydrogen) atoms. The van der Waals surface area contributed by atoms with Crippen molar-refractivity contribution >= 4 is 11.6 Å². The van der Waals surface area contributed by atoms with E-state index in [0.717, 1.165) is 30.8 Å². The Bertz CT molecular complexity index is 438. The van der Waals surface area contributed by atoms with Crippen molar-refractivity contribution in [3.8, 4) is 0 Å². The lowest BCUT2D eigenvalue weighted by molar-refractivity contribution is -0.123. The topological polar surface area (TPSA) is 58.4 Å². The van der Waals surface area contributed by atoms with E-state index in [1.807, 2.05) is 45.0 Å². The Kier molecular flexibility index (Phi) is 6.02. The summed E-state index contributed by atoms with van der Waals surface area (Å²) in [6.45, 7) is 10.2. The molecule has 0 heterocycles. The quantitative estimate of drug-likeness (QED) is 0.785. The fraction of sp³-hybridized carbons (Fsp3) is 0.562. The van der Waals surface area contributed by atoms with E-state index in [1.165, 1.54) is 0 Å². The molecule has 1 aromatic carbocycles. The standard InChI is InChI=1S/C16H27N3O/c1-5-9-19(12-15(20)18-16(2,3)4)11-13-7-6-8-14(17)10-13/h6-8,10H,5,9,11-12,17H2,1-4H3,(H,18,20). The first-order valence-corrected chi connectivity index (χ1v) is 7.18. The summed E-state index contributed by atoms with van der Waals surface area (Å²) in [4.78, 5) is 14.2. The number of carbonyl (C=O) groups is 1. The third-order valence-electron chi connectivity index (χ3n) is 2.78. The monoisotopic (exact) mass is 277 g/mol. The van der Waals surface area contributed by atoms with E-state index in [-0.39, 0.29) is 11.4 Å². The highest BCUT2D eigenvalue weighted by molar-refractivity contribution is 5.78. The molecule has 0 fully saturated rings. The Labute approximate surface area is 122 Å². The van der Waals surface area contributed by atoms with Crippen molar-refractivity contribution < 1.29 is 4.79 Å². The van der Waals surface area contributed by atoms with Gasteiger partial charge in [0.1, 0.15) is 0 Å². The number of rotatable bonds is 6. The molecule has 112 valence electrons. The summed E-state index contributed by atoms with van der Waals surface area (Å²) in [6.07, 6.45) is 1.02. The van der Waals surface area contributed by atoms with Gasteiger partial charge in [0, 0.05) is 17.8 Å². The van der Waals surface area contributed by atoms with Gasteiger partial charge in [-0.25, -0.2) is 0 Å². The number of carbonyl (C=O) groups excluding carboxylic acids is 1. The van der Waals surface area contributed by atoms with Crippen LogP contribution >= 0.6 is 0 Å². The second-order valence-corrected chi connectivity index (χ2v) is 6.25. The highest BCUT2D eigenvalue weighted by atomic mass is 16.2. The van der Waals surface area contributed by atoms with Crippen molar-refractivity contribution in [1.82, 2.24) is 10.2 Å². The third kappa shape index (κ3) is 6.57. The van der Waals surface area contributed by atoms with Crippen LogP contribution in [-0.2, 0) is 11.3 Å². The molecule has 0 radical (unpaired) electrons. The zero-order chi connectivity index (χ0) is 15.2. The fourth-order valence-electron chi connectivity index (χ4n) is 2.14. The second-order valence-electron chi connectivity index (χ2n) is 6.25. The minimum Gasteiger partial charge on any atom is -0.399 e. The lowest BCUT2D eigenvalue weighted by Gasteiger charge is -2.25. The number of hydrogen-bond acceptors (Lipinski definition) is 3. The highest BCUT2D eigenvalue weighted by Gasteiger charge is 2.16. The fourth-order valence-corrected chi connectivity index (χ4v) is 2.14. The average Bonchev–Trinajstić information content (AvgIpc) is 2.26. The number of benzene rings is 1. The first-order valence-electron chi connectivity index (χ1n) is 7.18. The number of nitrogens with zero attached hydrogens (tertiary/aromatic N) is 1. The summed E-state index contributed by atoms with van der Waals surface area (Å²) in [7, 11) is 0. The molecule has 0 aliphatic rings. The molecule has 0 aliphatic heterocycles. The van der Waals surface area contributed by atoms with Crippen molar-refractivity contribution in [2.75, 3.05) is 18.8 Å². The molecular weight excluding hydrogens is 250 g/mol. The van der Waals surface area contributed by atoms with Crippen molar-refractivity contribution in [1.29, 1.82) is 0 Å². The first kappa shape index (κ1) is 16.5. The molecule has 0 saturated carbocycles. The van der Waals surface area contributed by atoms with Crippen LogP contribution in [0.15, 0.2) is 24.3 Å². The number of nitrogens with two attached hydrogens (primary N) is 1. The molecule has 4 heteroatoms. The third-order valence-corrected chi connectivity index (χ3v) is 2.78. The van der Waals surface area contributed by atoms with Crippen LogP contribution in [0.4, 0.5) is 5.69 Å². The molecule has 0 spiro atoms. The average molecular weight is 277 g/mol. The van der Waals surface area contributed by atoms with Gasteiger partial charge in [-0.05, 0) is 51.4 Å². The molecule has 1 amide bonds. The molecule has 0 aliphatic carbocycles. The molecule has 0 atom stereocenters. The molecule has 1 rings (SSSR count). The maximum absolute atomic E-state index is 12.0. The molecule has 0 saturated heterocycles. The highest BCUT2D eigenvalue weighted by Crippen LogP contribution is 2.10. The van der Waals surface area contributed by atoms with Gasteiger partial charge in [0.05, 0.1) is 6.54 Å². The van der Waals surface area contributed by atoms with Crippen LogP contribution in [0.1, 0.15) is 39.7 Å². The lowest BCUT2D eigenvalue weighted by atomic mass is 10.1. The number of anilines is 1. The number of amides is 1. The van der Waals surface area contributed by atoms with Crippen molar-refractivity contribution in [2.45, 2.75) is 46.2 Å². The van der Waals surface area contributed by atoms with Crippen LogP contribution in [-0.4, -0.2) is 29.4 Å². The Morgan fingerprint density at radius 1 is 1.35 bits per heavy atom. The predicted octanol–water partition coefficient (Wildman–Crippen LogP) is 2.40. The molecular formula is C16H27N3O. The Hall–Kier alpha value is -1.55. The minimum absolute atomic E-state index is 0.0647. The van der Waals surface area contributed by atoms with Crippen LogP contribution in [0, 0.1) is 0 Å². The summed E-state index contributed by atoms with van der Waals surface area (Å²) in [6, 6.07) is 7.83. The van der Waals surface area contributed by atoms with E-state index in [1.54, 1.807) is 0 Å². The summed E-state index contributed by atoms with van der Waals surface area (Å²) in [5.74, 6) is 0.0647. The molecule has 0 aromatic heterocycles. The van der Waals surface area contributed by atoms with Gasteiger partial charge in [-0.1, -0.05) is 19.1 Å². The van der Waals surface area contributed by atoms with Gasteiger partial charge in [0.25, 0.3) is 0 Å². The number of nitrogens with one attached hydrogen (secondary N) is 1.